The number of aliphatic imine (C=N–C) groups is 1. The molecule has 1 aromatic heterocycles. The maximum absolute atomic E-state index is 12.5. The second kappa shape index (κ2) is 11.6. The van der Waals surface area contributed by atoms with Crippen molar-refractivity contribution in [1.82, 2.24) is 19.7 Å². The van der Waals surface area contributed by atoms with E-state index in [4.69, 9.17) is 16.6 Å². The van der Waals surface area contributed by atoms with Gasteiger partial charge in [0.05, 0.1) is 11.6 Å². The van der Waals surface area contributed by atoms with E-state index < -0.39 is 0 Å². The minimum Gasteiger partial charge on any atom is -0.357 e. The van der Waals surface area contributed by atoms with Crippen molar-refractivity contribution in [3.8, 4) is 0 Å². The SMILES string of the molecule is CCNC(=NCCCC(=O)N1Cc2ccccc2C1)N(C)Cc1cc(Cl)cn1C.I. The van der Waals surface area contributed by atoms with Crippen molar-refractivity contribution >= 4 is 47.4 Å². The van der Waals surface area contributed by atoms with E-state index in [9.17, 15) is 4.79 Å². The number of hydrogen-bond donors (Lipinski definition) is 1. The van der Waals surface area contributed by atoms with E-state index in [0.717, 1.165) is 42.7 Å². The highest BCUT2D eigenvalue weighted by molar-refractivity contribution is 14.0. The van der Waals surface area contributed by atoms with Gasteiger partial charge < -0.3 is 19.7 Å². The van der Waals surface area contributed by atoms with Gasteiger partial charge in [-0.05, 0) is 30.5 Å². The highest BCUT2D eigenvalue weighted by Crippen LogP contribution is 2.23. The standard InChI is InChI=1S/C22H30ClN5O.HI/c1-4-24-22(27(3)16-20-12-19(23)15-26(20)2)25-11-7-10-21(29)28-13-17-8-5-6-9-18(17)14-28;/h5-6,8-9,12,15H,4,7,10-11,13-14,16H2,1-3H3,(H,24,25);1H. The van der Waals surface area contributed by atoms with E-state index in [1.165, 1.54) is 11.1 Å². The van der Waals surface area contributed by atoms with Gasteiger partial charge in [0.1, 0.15) is 0 Å². The predicted molar refractivity (Wildman–Crippen MR) is 133 cm³/mol. The van der Waals surface area contributed by atoms with Crippen LogP contribution >= 0.6 is 35.6 Å². The van der Waals surface area contributed by atoms with Crippen molar-refractivity contribution < 1.29 is 4.79 Å². The minimum absolute atomic E-state index is 0. The van der Waals surface area contributed by atoms with Crippen molar-refractivity contribution in [3.05, 3.63) is 58.4 Å². The first kappa shape index (κ1) is 24.5. The summed E-state index contributed by atoms with van der Waals surface area (Å²) in [7, 11) is 4.00. The summed E-state index contributed by atoms with van der Waals surface area (Å²) < 4.78 is 2.02. The number of carbonyl (C=O) groups excluding carboxylic acids is 1. The molecule has 1 aliphatic heterocycles. The highest BCUT2D eigenvalue weighted by Gasteiger charge is 2.22. The second-order valence-electron chi connectivity index (χ2n) is 7.47. The van der Waals surface area contributed by atoms with Crippen LogP contribution in [0.5, 0.6) is 0 Å². The normalized spacial score (nSPS) is 13.1. The number of benzene rings is 1. The molecule has 0 spiro atoms. The quantitative estimate of drug-likeness (QED) is 0.248. The van der Waals surface area contributed by atoms with Crippen LogP contribution < -0.4 is 5.32 Å². The Bertz CT molecular complexity index is 857. The van der Waals surface area contributed by atoms with E-state index in [1.54, 1.807) is 0 Å². The fourth-order valence-corrected chi connectivity index (χ4v) is 3.87. The third-order valence-corrected chi connectivity index (χ3v) is 5.38. The number of aryl methyl sites for hydroxylation is 1. The zero-order chi connectivity index (χ0) is 20.8. The molecule has 1 amide bonds. The van der Waals surface area contributed by atoms with Gasteiger partial charge in [-0.3, -0.25) is 9.79 Å². The van der Waals surface area contributed by atoms with Gasteiger partial charge in [-0.25, -0.2) is 0 Å². The first-order valence-corrected chi connectivity index (χ1v) is 10.5. The van der Waals surface area contributed by atoms with Crippen molar-refractivity contribution in [1.29, 1.82) is 0 Å². The Morgan fingerprint density at radius 3 is 2.50 bits per heavy atom. The smallest absolute Gasteiger partial charge is 0.223 e. The van der Waals surface area contributed by atoms with Gasteiger partial charge in [-0.1, -0.05) is 35.9 Å². The van der Waals surface area contributed by atoms with Crippen LogP contribution in [0.1, 0.15) is 36.6 Å². The molecule has 2 aromatic rings. The maximum Gasteiger partial charge on any atom is 0.223 e. The Morgan fingerprint density at radius 1 is 1.27 bits per heavy atom. The van der Waals surface area contributed by atoms with Crippen LogP contribution in [0.2, 0.25) is 5.02 Å². The molecule has 0 atom stereocenters. The summed E-state index contributed by atoms with van der Waals surface area (Å²) in [6.07, 6.45) is 3.16. The molecule has 0 bridgehead atoms. The van der Waals surface area contributed by atoms with Crippen molar-refractivity contribution in [2.45, 2.75) is 39.4 Å². The topological polar surface area (TPSA) is 52.9 Å². The van der Waals surface area contributed by atoms with Crippen LogP contribution in [0.3, 0.4) is 0 Å². The van der Waals surface area contributed by atoms with Gasteiger partial charge in [-0.2, -0.15) is 0 Å². The zero-order valence-electron chi connectivity index (χ0n) is 17.9. The van der Waals surface area contributed by atoms with Crippen LogP contribution in [-0.4, -0.2) is 46.4 Å². The number of aromatic nitrogens is 1. The van der Waals surface area contributed by atoms with Gasteiger partial charge in [-0.15, -0.1) is 24.0 Å². The number of fused-ring (bicyclic) bond motifs is 1. The first-order chi connectivity index (χ1) is 14.0. The molecular weight excluding hydrogens is 513 g/mol. The number of guanidine groups is 1. The van der Waals surface area contributed by atoms with E-state index in [2.05, 4.69) is 29.3 Å². The monoisotopic (exact) mass is 543 g/mol. The molecule has 6 nitrogen and oxygen atoms in total. The Morgan fingerprint density at radius 2 is 1.93 bits per heavy atom. The molecule has 0 fully saturated rings. The van der Waals surface area contributed by atoms with Gasteiger partial charge in [0.15, 0.2) is 5.96 Å². The molecule has 2 heterocycles. The van der Waals surface area contributed by atoms with Crippen LogP contribution in [-0.2, 0) is 31.5 Å². The lowest BCUT2D eigenvalue weighted by atomic mass is 10.1. The number of rotatable bonds is 7. The number of halogens is 2. The van der Waals surface area contributed by atoms with E-state index in [0.29, 0.717) is 19.5 Å². The Hall–Kier alpha value is -1.74. The number of amides is 1. The molecule has 8 heteroatoms. The first-order valence-electron chi connectivity index (χ1n) is 10.1. The fourth-order valence-electron chi connectivity index (χ4n) is 3.59. The van der Waals surface area contributed by atoms with Crippen molar-refractivity contribution in [2.75, 3.05) is 20.1 Å². The third kappa shape index (κ3) is 6.38. The summed E-state index contributed by atoms with van der Waals surface area (Å²) in [5.74, 6) is 1.04. The van der Waals surface area contributed by atoms with Crippen LogP contribution in [0.15, 0.2) is 41.5 Å². The highest BCUT2D eigenvalue weighted by atomic mass is 127. The Kier molecular flexibility index (Phi) is 9.48. The summed E-state index contributed by atoms with van der Waals surface area (Å²) in [6.45, 7) is 5.62. The molecule has 3 rings (SSSR count). The van der Waals surface area contributed by atoms with E-state index >= 15 is 0 Å². The van der Waals surface area contributed by atoms with Crippen LogP contribution in [0, 0.1) is 0 Å². The molecule has 164 valence electrons. The average molecular weight is 544 g/mol. The lowest BCUT2D eigenvalue weighted by molar-refractivity contribution is -0.131. The van der Waals surface area contributed by atoms with Crippen molar-refractivity contribution in [2.24, 2.45) is 12.0 Å². The van der Waals surface area contributed by atoms with Crippen molar-refractivity contribution in [3.63, 3.8) is 0 Å². The molecule has 0 radical (unpaired) electrons. The molecule has 1 aliphatic rings. The summed E-state index contributed by atoms with van der Waals surface area (Å²) in [5, 5.41) is 4.06. The second-order valence-corrected chi connectivity index (χ2v) is 7.91. The third-order valence-electron chi connectivity index (χ3n) is 5.17. The lowest BCUT2D eigenvalue weighted by Crippen LogP contribution is -2.39. The molecule has 0 aliphatic carbocycles. The summed E-state index contributed by atoms with van der Waals surface area (Å²) in [6, 6.07) is 10.2. The number of hydrogen-bond acceptors (Lipinski definition) is 2. The number of nitrogens with zero attached hydrogens (tertiary/aromatic N) is 4. The zero-order valence-corrected chi connectivity index (χ0v) is 21.0. The maximum atomic E-state index is 12.5. The van der Waals surface area contributed by atoms with Gasteiger partial charge >= 0.3 is 0 Å². The number of nitrogens with one attached hydrogen (secondary N) is 1. The molecule has 0 unspecified atom stereocenters. The van der Waals surface area contributed by atoms with E-state index in [1.807, 2.05) is 48.0 Å². The summed E-state index contributed by atoms with van der Waals surface area (Å²) in [5.41, 5.74) is 3.64. The predicted octanol–water partition coefficient (Wildman–Crippen LogP) is 4.02. The Labute approximate surface area is 201 Å². The summed E-state index contributed by atoms with van der Waals surface area (Å²) >= 11 is 6.08. The average Bonchev–Trinajstić information content (AvgIpc) is 3.26. The van der Waals surface area contributed by atoms with E-state index in [-0.39, 0.29) is 29.9 Å². The number of carbonyl (C=O) groups is 1. The van der Waals surface area contributed by atoms with Crippen LogP contribution in [0.25, 0.3) is 0 Å². The Balaban J connectivity index is 0.00000320. The van der Waals surface area contributed by atoms with Gasteiger partial charge in [0, 0.05) is 58.6 Å². The van der Waals surface area contributed by atoms with Gasteiger partial charge in [0.25, 0.3) is 0 Å². The molecular formula is C22H31ClIN5O. The molecule has 1 N–H and O–H groups in total. The molecule has 0 saturated heterocycles. The largest absolute Gasteiger partial charge is 0.357 e. The summed E-state index contributed by atoms with van der Waals surface area (Å²) in [4.78, 5) is 21.3. The fraction of sp³-hybridized carbons (Fsp3) is 0.455. The molecule has 30 heavy (non-hydrogen) atoms. The molecule has 0 saturated carbocycles. The minimum atomic E-state index is 0. The van der Waals surface area contributed by atoms with Gasteiger partial charge in [0.2, 0.25) is 5.91 Å². The lowest BCUT2D eigenvalue weighted by Gasteiger charge is -2.22. The molecule has 1 aromatic carbocycles. The van der Waals surface area contributed by atoms with Crippen LogP contribution in [0.4, 0.5) is 0 Å².